The van der Waals surface area contributed by atoms with Gasteiger partial charge in [0.05, 0.1) is 20.0 Å². The van der Waals surface area contributed by atoms with Gasteiger partial charge < -0.3 is 14.8 Å². The van der Waals surface area contributed by atoms with Gasteiger partial charge in [-0.2, -0.15) is 0 Å². The Bertz CT molecular complexity index is 731. The SMILES string of the molecule is CCN(CC)Cc1ccc(NC(=O)CSc2ccc(OC)c(OC)c2)cc1. The minimum atomic E-state index is -0.0359. The molecular weight excluding hydrogens is 360 g/mol. The van der Waals surface area contributed by atoms with Crippen molar-refractivity contribution >= 4 is 23.4 Å². The molecule has 0 aromatic heterocycles. The molecule has 1 N–H and O–H groups in total. The van der Waals surface area contributed by atoms with Crippen molar-refractivity contribution in [3.8, 4) is 11.5 Å². The third kappa shape index (κ3) is 6.48. The van der Waals surface area contributed by atoms with Crippen molar-refractivity contribution in [1.82, 2.24) is 4.90 Å². The number of hydrogen-bond acceptors (Lipinski definition) is 5. The number of anilines is 1. The predicted octanol–water partition coefficient (Wildman–Crippen LogP) is 4.28. The zero-order chi connectivity index (χ0) is 19.6. The fraction of sp³-hybridized carbons (Fsp3) is 0.381. The Labute approximate surface area is 166 Å². The first kappa shape index (κ1) is 21.1. The van der Waals surface area contributed by atoms with Crippen molar-refractivity contribution in [2.45, 2.75) is 25.3 Å². The van der Waals surface area contributed by atoms with Gasteiger partial charge in [0.15, 0.2) is 11.5 Å². The van der Waals surface area contributed by atoms with Gasteiger partial charge in [0, 0.05) is 17.1 Å². The third-order valence-corrected chi connectivity index (χ3v) is 5.26. The van der Waals surface area contributed by atoms with Crippen LogP contribution in [-0.2, 0) is 11.3 Å². The maximum atomic E-state index is 12.2. The Hall–Kier alpha value is -2.18. The van der Waals surface area contributed by atoms with Crippen LogP contribution in [0.1, 0.15) is 19.4 Å². The van der Waals surface area contributed by atoms with Crippen LogP contribution in [0, 0.1) is 0 Å². The van der Waals surface area contributed by atoms with Crippen molar-refractivity contribution in [1.29, 1.82) is 0 Å². The topological polar surface area (TPSA) is 50.8 Å². The molecule has 0 aliphatic carbocycles. The molecule has 0 aliphatic heterocycles. The van der Waals surface area contributed by atoms with Crippen LogP contribution < -0.4 is 14.8 Å². The van der Waals surface area contributed by atoms with Crippen molar-refractivity contribution in [2.75, 3.05) is 38.4 Å². The van der Waals surface area contributed by atoms with Gasteiger partial charge in [-0.05, 0) is 49.0 Å². The second-order valence-corrected chi connectivity index (χ2v) is 7.06. The van der Waals surface area contributed by atoms with Gasteiger partial charge in [-0.15, -0.1) is 11.8 Å². The number of nitrogens with one attached hydrogen (secondary N) is 1. The Balaban J connectivity index is 1.87. The van der Waals surface area contributed by atoms with Crippen LogP contribution in [0.4, 0.5) is 5.69 Å². The van der Waals surface area contributed by atoms with Crippen LogP contribution in [0.25, 0.3) is 0 Å². The lowest BCUT2D eigenvalue weighted by atomic mass is 10.2. The van der Waals surface area contributed by atoms with Crippen molar-refractivity contribution in [3.63, 3.8) is 0 Å². The van der Waals surface area contributed by atoms with E-state index in [1.54, 1.807) is 14.2 Å². The van der Waals surface area contributed by atoms with Gasteiger partial charge >= 0.3 is 0 Å². The quantitative estimate of drug-likeness (QED) is 0.616. The minimum absolute atomic E-state index is 0.0359. The number of ether oxygens (including phenoxy) is 2. The lowest BCUT2D eigenvalue weighted by molar-refractivity contribution is -0.113. The number of benzene rings is 2. The molecule has 0 saturated carbocycles. The Morgan fingerprint density at radius 3 is 2.26 bits per heavy atom. The van der Waals surface area contributed by atoms with Crippen LogP contribution in [0.2, 0.25) is 0 Å². The highest BCUT2D eigenvalue weighted by atomic mass is 32.2. The number of methoxy groups -OCH3 is 2. The third-order valence-electron chi connectivity index (χ3n) is 4.26. The van der Waals surface area contributed by atoms with Crippen molar-refractivity contribution < 1.29 is 14.3 Å². The Kier molecular flexibility index (Phi) is 8.48. The number of thioether (sulfide) groups is 1. The molecule has 2 aromatic rings. The number of nitrogens with zero attached hydrogens (tertiary/aromatic N) is 1. The summed E-state index contributed by atoms with van der Waals surface area (Å²) in [5.41, 5.74) is 2.06. The molecule has 0 fully saturated rings. The monoisotopic (exact) mass is 388 g/mol. The molecule has 0 unspecified atom stereocenters. The molecule has 0 radical (unpaired) electrons. The van der Waals surface area contributed by atoms with E-state index in [4.69, 9.17) is 9.47 Å². The van der Waals surface area contributed by atoms with Crippen LogP contribution in [-0.4, -0.2) is 43.9 Å². The summed E-state index contributed by atoms with van der Waals surface area (Å²) in [4.78, 5) is 15.5. The highest BCUT2D eigenvalue weighted by Gasteiger charge is 2.08. The molecule has 0 saturated heterocycles. The summed E-state index contributed by atoms with van der Waals surface area (Å²) in [6.45, 7) is 7.31. The van der Waals surface area contributed by atoms with E-state index < -0.39 is 0 Å². The number of amides is 1. The zero-order valence-electron chi connectivity index (χ0n) is 16.5. The van der Waals surface area contributed by atoms with Gasteiger partial charge in [-0.1, -0.05) is 26.0 Å². The van der Waals surface area contributed by atoms with E-state index in [-0.39, 0.29) is 5.91 Å². The lowest BCUT2D eigenvalue weighted by Gasteiger charge is -2.18. The van der Waals surface area contributed by atoms with Gasteiger partial charge in [-0.25, -0.2) is 0 Å². The van der Waals surface area contributed by atoms with Crippen LogP contribution in [0.15, 0.2) is 47.4 Å². The first-order valence-corrected chi connectivity index (χ1v) is 10.0. The van der Waals surface area contributed by atoms with E-state index in [1.165, 1.54) is 17.3 Å². The van der Waals surface area contributed by atoms with Gasteiger partial charge in [0.2, 0.25) is 5.91 Å². The van der Waals surface area contributed by atoms with E-state index in [1.807, 2.05) is 30.3 Å². The maximum Gasteiger partial charge on any atom is 0.234 e. The lowest BCUT2D eigenvalue weighted by Crippen LogP contribution is -2.22. The van der Waals surface area contributed by atoms with Gasteiger partial charge in [-0.3, -0.25) is 9.69 Å². The summed E-state index contributed by atoms with van der Waals surface area (Å²) in [6.07, 6.45) is 0. The number of hydrogen-bond donors (Lipinski definition) is 1. The molecular formula is C21H28N2O3S. The molecule has 0 aliphatic rings. The van der Waals surface area contributed by atoms with Crippen LogP contribution in [0.3, 0.4) is 0 Å². The van der Waals surface area contributed by atoms with E-state index in [2.05, 4.69) is 36.2 Å². The average molecular weight is 389 g/mol. The highest BCUT2D eigenvalue weighted by molar-refractivity contribution is 8.00. The Morgan fingerprint density at radius 1 is 1.00 bits per heavy atom. The molecule has 0 spiro atoms. The first-order valence-electron chi connectivity index (χ1n) is 9.05. The molecule has 146 valence electrons. The average Bonchev–Trinajstić information content (AvgIpc) is 2.71. The standard InChI is InChI=1S/C21H28N2O3S/c1-5-23(6-2)14-16-7-9-17(10-8-16)22-21(24)15-27-18-11-12-19(25-3)20(13-18)26-4/h7-13H,5-6,14-15H2,1-4H3,(H,22,24). The van der Waals surface area contributed by atoms with Crippen LogP contribution in [0.5, 0.6) is 11.5 Å². The van der Waals surface area contributed by atoms with Crippen molar-refractivity contribution in [3.05, 3.63) is 48.0 Å². The minimum Gasteiger partial charge on any atom is -0.493 e. The summed E-state index contributed by atoms with van der Waals surface area (Å²) in [5.74, 6) is 1.63. The summed E-state index contributed by atoms with van der Waals surface area (Å²) in [7, 11) is 3.20. The summed E-state index contributed by atoms with van der Waals surface area (Å²) < 4.78 is 10.5. The largest absolute Gasteiger partial charge is 0.493 e. The number of rotatable bonds is 10. The summed E-state index contributed by atoms with van der Waals surface area (Å²) in [5, 5.41) is 2.94. The summed E-state index contributed by atoms with van der Waals surface area (Å²) in [6, 6.07) is 13.7. The molecule has 5 nitrogen and oxygen atoms in total. The fourth-order valence-corrected chi connectivity index (χ4v) is 3.38. The van der Waals surface area contributed by atoms with Gasteiger partial charge in [0.25, 0.3) is 0 Å². The smallest absolute Gasteiger partial charge is 0.234 e. The van der Waals surface area contributed by atoms with E-state index in [0.29, 0.717) is 17.3 Å². The molecule has 1 amide bonds. The Morgan fingerprint density at radius 2 is 1.67 bits per heavy atom. The van der Waals surface area contributed by atoms with Gasteiger partial charge in [0.1, 0.15) is 0 Å². The fourth-order valence-electron chi connectivity index (χ4n) is 2.65. The molecule has 2 rings (SSSR count). The second kappa shape index (κ2) is 10.8. The van der Waals surface area contributed by atoms with E-state index in [9.17, 15) is 4.79 Å². The number of carbonyl (C=O) groups is 1. The van der Waals surface area contributed by atoms with Crippen LogP contribution >= 0.6 is 11.8 Å². The second-order valence-electron chi connectivity index (χ2n) is 6.01. The molecule has 0 heterocycles. The highest BCUT2D eigenvalue weighted by Crippen LogP contribution is 2.31. The molecule has 0 atom stereocenters. The zero-order valence-corrected chi connectivity index (χ0v) is 17.3. The normalized spacial score (nSPS) is 10.7. The summed E-state index contributed by atoms with van der Waals surface area (Å²) >= 11 is 1.46. The number of carbonyl (C=O) groups excluding carboxylic acids is 1. The van der Waals surface area contributed by atoms with E-state index >= 15 is 0 Å². The first-order chi connectivity index (χ1) is 13.1. The van der Waals surface area contributed by atoms with E-state index in [0.717, 1.165) is 30.2 Å². The van der Waals surface area contributed by atoms with Crippen molar-refractivity contribution in [2.24, 2.45) is 0 Å². The molecule has 0 bridgehead atoms. The molecule has 2 aromatic carbocycles. The maximum absolute atomic E-state index is 12.2. The molecule has 6 heteroatoms. The molecule has 27 heavy (non-hydrogen) atoms. The predicted molar refractivity (Wildman–Crippen MR) is 112 cm³/mol.